The summed E-state index contributed by atoms with van der Waals surface area (Å²) in [5, 5.41) is 15.0. The maximum absolute atomic E-state index is 13.9. The lowest BCUT2D eigenvalue weighted by atomic mass is 9.97. The van der Waals surface area contributed by atoms with Crippen molar-refractivity contribution in [2.24, 2.45) is 5.92 Å². The molecule has 0 spiro atoms. The first-order chi connectivity index (χ1) is 10.4. The van der Waals surface area contributed by atoms with E-state index in [1.54, 1.807) is 31.1 Å². The van der Waals surface area contributed by atoms with Crippen molar-refractivity contribution in [3.05, 3.63) is 29.6 Å². The number of nitrogens with zero attached hydrogens (tertiary/aromatic N) is 1. The number of halogens is 1. The number of aliphatic hydroxyl groups is 1. The summed E-state index contributed by atoms with van der Waals surface area (Å²) in [7, 11) is 3.55. The van der Waals surface area contributed by atoms with E-state index in [0.29, 0.717) is 17.2 Å². The number of carbonyl (C=O) groups excluding carboxylic acids is 1. The second-order valence-corrected chi connectivity index (χ2v) is 6.34. The van der Waals surface area contributed by atoms with E-state index in [4.69, 9.17) is 0 Å². The summed E-state index contributed by atoms with van der Waals surface area (Å²) in [5.41, 5.74) is 0.620. The highest BCUT2D eigenvalue weighted by Gasteiger charge is 2.42. The molecule has 2 rings (SSSR count). The Morgan fingerprint density at radius 2 is 2.14 bits per heavy atom. The molecule has 1 aromatic rings. The van der Waals surface area contributed by atoms with E-state index in [-0.39, 0.29) is 25.0 Å². The van der Waals surface area contributed by atoms with Crippen LogP contribution < -0.4 is 15.5 Å². The number of carbonyl (C=O) groups is 1. The third-order valence-corrected chi connectivity index (χ3v) is 4.15. The van der Waals surface area contributed by atoms with Gasteiger partial charge in [-0.15, -0.1) is 0 Å². The summed E-state index contributed by atoms with van der Waals surface area (Å²) in [6, 6.07) is 4.54. The zero-order chi connectivity index (χ0) is 16.3. The Kier molecular flexibility index (Phi) is 4.90. The smallest absolute Gasteiger partial charge is 0.315 e. The number of amides is 2. The average Bonchev–Trinajstić information content (AvgIpc) is 3.29. The molecule has 6 heteroatoms. The molecule has 22 heavy (non-hydrogen) atoms. The van der Waals surface area contributed by atoms with E-state index in [1.165, 1.54) is 6.07 Å². The van der Waals surface area contributed by atoms with Gasteiger partial charge >= 0.3 is 6.03 Å². The minimum atomic E-state index is -0.579. The van der Waals surface area contributed by atoms with Crippen LogP contribution in [0.3, 0.4) is 0 Å². The van der Waals surface area contributed by atoms with Crippen molar-refractivity contribution in [2.75, 3.05) is 25.6 Å². The maximum Gasteiger partial charge on any atom is 0.315 e. The Balaban J connectivity index is 1.89. The zero-order valence-electron chi connectivity index (χ0n) is 13.3. The predicted octanol–water partition coefficient (Wildman–Crippen LogP) is 1.85. The molecule has 122 valence electrons. The first kappa shape index (κ1) is 16.5. The lowest BCUT2D eigenvalue weighted by molar-refractivity contribution is 0.155. The van der Waals surface area contributed by atoms with E-state index >= 15 is 0 Å². The fourth-order valence-electron chi connectivity index (χ4n) is 2.50. The number of rotatable bonds is 6. The van der Waals surface area contributed by atoms with Crippen molar-refractivity contribution in [2.45, 2.75) is 31.8 Å². The Morgan fingerprint density at radius 3 is 2.64 bits per heavy atom. The fraction of sp³-hybridized carbons (Fsp3) is 0.562. The Bertz CT molecular complexity index is 546. The van der Waals surface area contributed by atoms with Gasteiger partial charge in [-0.3, -0.25) is 0 Å². The summed E-state index contributed by atoms with van der Waals surface area (Å²) >= 11 is 0. The molecule has 0 aliphatic heterocycles. The third kappa shape index (κ3) is 3.88. The first-order valence-corrected chi connectivity index (χ1v) is 7.48. The van der Waals surface area contributed by atoms with Crippen LogP contribution >= 0.6 is 0 Å². The topological polar surface area (TPSA) is 64.6 Å². The van der Waals surface area contributed by atoms with Gasteiger partial charge in [-0.25, -0.2) is 9.18 Å². The standard InChI is InChI=1S/C16H24FN3O2/c1-16(10-21,12-5-6-12)19-15(22)18-9-11-4-7-14(20(2)3)13(17)8-11/h4,7-8,12,21H,5-6,9-10H2,1-3H3,(H2,18,19,22). The second-order valence-electron chi connectivity index (χ2n) is 6.34. The number of benzene rings is 1. The molecule has 0 radical (unpaired) electrons. The highest BCUT2D eigenvalue weighted by atomic mass is 19.1. The van der Waals surface area contributed by atoms with Crippen LogP contribution in [0.4, 0.5) is 14.9 Å². The summed E-state index contributed by atoms with van der Waals surface area (Å²) in [6.07, 6.45) is 2.04. The van der Waals surface area contributed by atoms with Gasteiger partial charge in [0.15, 0.2) is 0 Å². The number of urea groups is 1. The second kappa shape index (κ2) is 6.52. The molecule has 2 amide bonds. The fourth-order valence-corrected chi connectivity index (χ4v) is 2.50. The Labute approximate surface area is 130 Å². The molecule has 3 N–H and O–H groups in total. The molecule has 1 unspecified atom stereocenters. The average molecular weight is 309 g/mol. The third-order valence-electron chi connectivity index (χ3n) is 4.15. The molecule has 1 fully saturated rings. The molecule has 5 nitrogen and oxygen atoms in total. The molecule has 0 heterocycles. The van der Waals surface area contributed by atoms with E-state index in [9.17, 15) is 14.3 Å². The van der Waals surface area contributed by atoms with Crippen LogP contribution in [0.1, 0.15) is 25.3 Å². The van der Waals surface area contributed by atoms with Gasteiger partial charge in [0.05, 0.1) is 17.8 Å². The molecule has 1 saturated carbocycles. The van der Waals surface area contributed by atoms with Gasteiger partial charge in [0.1, 0.15) is 5.82 Å². The molecular formula is C16H24FN3O2. The minimum Gasteiger partial charge on any atom is -0.394 e. The zero-order valence-corrected chi connectivity index (χ0v) is 13.3. The van der Waals surface area contributed by atoms with Gasteiger partial charge in [-0.1, -0.05) is 6.07 Å². The SMILES string of the molecule is CN(C)c1ccc(CNC(=O)NC(C)(CO)C2CC2)cc1F. The van der Waals surface area contributed by atoms with Crippen LogP contribution in [0.15, 0.2) is 18.2 Å². The molecule has 0 aromatic heterocycles. The lowest BCUT2D eigenvalue weighted by Gasteiger charge is -2.28. The van der Waals surface area contributed by atoms with Crippen LogP contribution in [-0.2, 0) is 6.54 Å². The largest absolute Gasteiger partial charge is 0.394 e. The maximum atomic E-state index is 13.9. The minimum absolute atomic E-state index is 0.0861. The van der Waals surface area contributed by atoms with Gasteiger partial charge in [-0.05, 0) is 43.4 Å². The summed E-state index contributed by atoms with van der Waals surface area (Å²) < 4.78 is 13.9. The monoisotopic (exact) mass is 309 g/mol. The lowest BCUT2D eigenvalue weighted by Crippen LogP contribution is -2.53. The van der Waals surface area contributed by atoms with Crippen LogP contribution in [0, 0.1) is 11.7 Å². The quantitative estimate of drug-likeness (QED) is 0.751. The summed E-state index contributed by atoms with van der Waals surface area (Å²) in [6.45, 7) is 2.00. The molecule has 0 bridgehead atoms. The summed E-state index contributed by atoms with van der Waals surface area (Å²) in [5.74, 6) is 0.0166. The highest BCUT2D eigenvalue weighted by Crippen LogP contribution is 2.39. The number of aliphatic hydroxyl groups excluding tert-OH is 1. The Hall–Kier alpha value is -1.82. The normalized spacial score (nSPS) is 16.8. The number of anilines is 1. The molecule has 1 aliphatic rings. The van der Waals surface area contributed by atoms with Gasteiger partial charge < -0.3 is 20.6 Å². The van der Waals surface area contributed by atoms with Crippen LogP contribution in [0.25, 0.3) is 0 Å². The molecular weight excluding hydrogens is 285 g/mol. The molecule has 1 aromatic carbocycles. The number of hydrogen-bond donors (Lipinski definition) is 3. The molecule has 0 saturated heterocycles. The number of hydrogen-bond acceptors (Lipinski definition) is 3. The van der Waals surface area contributed by atoms with Gasteiger partial charge in [0.25, 0.3) is 0 Å². The van der Waals surface area contributed by atoms with E-state index in [1.807, 2.05) is 6.92 Å². The van der Waals surface area contributed by atoms with Crippen molar-refractivity contribution in [1.29, 1.82) is 0 Å². The predicted molar refractivity (Wildman–Crippen MR) is 84.3 cm³/mol. The van der Waals surface area contributed by atoms with Crippen molar-refractivity contribution >= 4 is 11.7 Å². The van der Waals surface area contributed by atoms with Crippen molar-refractivity contribution in [1.82, 2.24) is 10.6 Å². The van der Waals surface area contributed by atoms with Crippen molar-refractivity contribution in [3.63, 3.8) is 0 Å². The van der Waals surface area contributed by atoms with Crippen LogP contribution in [-0.4, -0.2) is 37.4 Å². The van der Waals surface area contributed by atoms with E-state index in [0.717, 1.165) is 12.8 Å². The van der Waals surface area contributed by atoms with E-state index in [2.05, 4.69) is 10.6 Å². The molecule has 1 aliphatic carbocycles. The summed E-state index contributed by atoms with van der Waals surface area (Å²) in [4.78, 5) is 13.6. The first-order valence-electron chi connectivity index (χ1n) is 7.48. The highest BCUT2D eigenvalue weighted by molar-refractivity contribution is 5.75. The van der Waals surface area contributed by atoms with Crippen LogP contribution in [0.2, 0.25) is 0 Å². The van der Waals surface area contributed by atoms with Crippen molar-refractivity contribution < 1.29 is 14.3 Å². The van der Waals surface area contributed by atoms with Crippen molar-refractivity contribution in [3.8, 4) is 0 Å². The van der Waals surface area contributed by atoms with Gasteiger partial charge in [-0.2, -0.15) is 0 Å². The Morgan fingerprint density at radius 1 is 1.45 bits per heavy atom. The van der Waals surface area contributed by atoms with Gasteiger partial charge in [0.2, 0.25) is 0 Å². The van der Waals surface area contributed by atoms with Crippen LogP contribution in [0.5, 0.6) is 0 Å². The number of nitrogens with one attached hydrogen (secondary N) is 2. The van der Waals surface area contributed by atoms with E-state index < -0.39 is 5.54 Å². The van der Waals surface area contributed by atoms with Gasteiger partial charge in [0, 0.05) is 20.6 Å². The molecule has 1 atom stereocenters.